The molecule has 0 saturated heterocycles. The lowest BCUT2D eigenvalue weighted by atomic mass is 9.96. The zero-order chi connectivity index (χ0) is 15.6. The minimum absolute atomic E-state index is 0.372. The molecule has 0 heterocycles. The molecule has 0 aliphatic heterocycles. The van der Waals surface area contributed by atoms with E-state index in [1.54, 1.807) is 19.1 Å². The Morgan fingerprint density at radius 1 is 1.10 bits per heavy atom. The molecule has 0 spiro atoms. The van der Waals surface area contributed by atoms with Gasteiger partial charge in [-0.1, -0.05) is 17.7 Å². The summed E-state index contributed by atoms with van der Waals surface area (Å²) in [6.07, 6.45) is 0. The molecule has 2 aromatic rings. The Bertz CT molecular complexity index is 635. The number of aryl methyl sites for hydroxylation is 1. The van der Waals surface area contributed by atoms with Crippen LogP contribution in [0.25, 0.3) is 0 Å². The predicted octanol–water partition coefficient (Wildman–Crippen LogP) is 3.86. The molecule has 2 N–H and O–H groups in total. The normalized spacial score (nSPS) is 12.3. The van der Waals surface area contributed by atoms with E-state index in [1.165, 1.54) is 0 Å². The summed E-state index contributed by atoms with van der Waals surface area (Å²) in [5, 5.41) is 0. The van der Waals surface area contributed by atoms with E-state index in [-0.39, 0.29) is 5.56 Å². The van der Waals surface area contributed by atoms with E-state index < -0.39 is 23.5 Å². The lowest BCUT2D eigenvalue weighted by molar-refractivity contribution is 0.335. The van der Waals surface area contributed by atoms with Gasteiger partial charge in [-0.05, 0) is 19.9 Å². The highest BCUT2D eigenvalue weighted by Gasteiger charge is 2.22. The quantitative estimate of drug-likeness (QED) is 0.929. The van der Waals surface area contributed by atoms with Crippen LogP contribution in [0.5, 0.6) is 5.75 Å². The van der Waals surface area contributed by atoms with Crippen molar-refractivity contribution in [1.29, 1.82) is 0 Å². The van der Waals surface area contributed by atoms with Crippen molar-refractivity contribution in [2.75, 3.05) is 6.61 Å². The molecule has 0 saturated carbocycles. The third-order valence-electron chi connectivity index (χ3n) is 3.16. The summed E-state index contributed by atoms with van der Waals surface area (Å²) in [6.45, 7) is 4.04. The highest BCUT2D eigenvalue weighted by Crippen LogP contribution is 2.32. The van der Waals surface area contributed by atoms with Gasteiger partial charge in [-0.3, -0.25) is 0 Å². The van der Waals surface area contributed by atoms with Crippen molar-refractivity contribution in [2.24, 2.45) is 5.73 Å². The van der Waals surface area contributed by atoms with E-state index in [0.717, 1.165) is 5.56 Å². The van der Waals surface area contributed by atoms with E-state index in [0.29, 0.717) is 30.1 Å². The summed E-state index contributed by atoms with van der Waals surface area (Å²) in [4.78, 5) is 0. The first-order valence-corrected chi connectivity index (χ1v) is 6.57. The number of ether oxygens (including phenoxy) is 1. The fraction of sp³-hybridized carbons (Fsp3) is 0.250. The molecule has 0 aliphatic rings. The number of hydrogen-bond donors (Lipinski definition) is 1. The second kappa shape index (κ2) is 6.18. The molecule has 112 valence electrons. The third kappa shape index (κ3) is 3.19. The highest BCUT2D eigenvalue weighted by atomic mass is 19.1. The monoisotopic (exact) mass is 295 g/mol. The van der Waals surface area contributed by atoms with Crippen LogP contribution in [0.2, 0.25) is 0 Å². The number of halogens is 3. The fourth-order valence-corrected chi connectivity index (χ4v) is 2.20. The van der Waals surface area contributed by atoms with Crippen LogP contribution < -0.4 is 10.5 Å². The van der Waals surface area contributed by atoms with Gasteiger partial charge in [0, 0.05) is 23.3 Å². The zero-order valence-corrected chi connectivity index (χ0v) is 11.8. The van der Waals surface area contributed by atoms with Gasteiger partial charge < -0.3 is 10.5 Å². The van der Waals surface area contributed by atoms with Crippen LogP contribution in [0.4, 0.5) is 13.2 Å². The molecule has 0 bridgehead atoms. The van der Waals surface area contributed by atoms with E-state index >= 15 is 0 Å². The Morgan fingerprint density at radius 2 is 1.71 bits per heavy atom. The van der Waals surface area contributed by atoms with E-state index in [4.69, 9.17) is 10.5 Å². The Balaban J connectivity index is 2.54. The Morgan fingerprint density at radius 3 is 2.29 bits per heavy atom. The molecule has 2 rings (SSSR count). The molecular formula is C16H16F3NO. The summed E-state index contributed by atoms with van der Waals surface area (Å²) < 4.78 is 46.2. The van der Waals surface area contributed by atoms with E-state index in [1.807, 2.05) is 13.0 Å². The fourth-order valence-electron chi connectivity index (χ4n) is 2.20. The third-order valence-corrected chi connectivity index (χ3v) is 3.16. The average molecular weight is 295 g/mol. The summed E-state index contributed by atoms with van der Waals surface area (Å²) in [7, 11) is 0. The predicted molar refractivity (Wildman–Crippen MR) is 74.7 cm³/mol. The van der Waals surface area contributed by atoms with Gasteiger partial charge in [0.25, 0.3) is 0 Å². The first-order chi connectivity index (χ1) is 9.93. The number of nitrogens with two attached hydrogens (primary N) is 1. The molecule has 0 aromatic heterocycles. The van der Waals surface area contributed by atoms with Crippen LogP contribution in [0.15, 0.2) is 30.3 Å². The van der Waals surface area contributed by atoms with E-state index in [2.05, 4.69) is 0 Å². The van der Waals surface area contributed by atoms with Gasteiger partial charge in [0.1, 0.15) is 23.2 Å². The van der Waals surface area contributed by atoms with Crippen molar-refractivity contribution >= 4 is 0 Å². The minimum atomic E-state index is -1.08. The lowest BCUT2D eigenvalue weighted by Crippen LogP contribution is -2.17. The van der Waals surface area contributed by atoms with Crippen LogP contribution in [0.3, 0.4) is 0 Å². The molecule has 0 radical (unpaired) electrons. The second-order valence-corrected chi connectivity index (χ2v) is 4.74. The van der Waals surface area contributed by atoms with Gasteiger partial charge in [0.05, 0.1) is 12.6 Å². The maximum absolute atomic E-state index is 13.9. The molecule has 1 unspecified atom stereocenters. The molecule has 2 nitrogen and oxygen atoms in total. The molecular weight excluding hydrogens is 279 g/mol. The van der Waals surface area contributed by atoms with Crippen molar-refractivity contribution < 1.29 is 17.9 Å². The number of rotatable bonds is 4. The van der Waals surface area contributed by atoms with Crippen molar-refractivity contribution in [3.63, 3.8) is 0 Å². The second-order valence-electron chi connectivity index (χ2n) is 4.74. The van der Waals surface area contributed by atoms with Crippen molar-refractivity contribution in [3.8, 4) is 5.75 Å². The molecule has 5 heteroatoms. The first kappa shape index (κ1) is 15.4. The molecule has 0 aliphatic carbocycles. The lowest BCUT2D eigenvalue weighted by Gasteiger charge is -2.19. The van der Waals surface area contributed by atoms with Gasteiger partial charge in [0.15, 0.2) is 0 Å². The largest absolute Gasteiger partial charge is 0.494 e. The summed E-state index contributed by atoms with van der Waals surface area (Å²) >= 11 is 0. The smallest absolute Gasteiger partial charge is 0.134 e. The van der Waals surface area contributed by atoms with Gasteiger partial charge in [-0.25, -0.2) is 13.2 Å². The summed E-state index contributed by atoms with van der Waals surface area (Å²) in [5.74, 6) is -2.54. The average Bonchev–Trinajstić information content (AvgIpc) is 2.39. The Labute approximate surface area is 121 Å². The summed E-state index contributed by atoms with van der Waals surface area (Å²) in [5.41, 5.74) is 6.95. The van der Waals surface area contributed by atoms with Crippen LogP contribution in [-0.2, 0) is 0 Å². The Kier molecular flexibility index (Phi) is 4.53. The zero-order valence-electron chi connectivity index (χ0n) is 11.8. The highest BCUT2D eigenvalue weighted by molar-refractivity contribution is 5.44. The number of benzene rings is 2. The van der Waals surface area contributed by atoms with Gasteiger partial charge in [0.2, 0.25) is 0 Å². The van der Waals surface area contributed by atoms with E-state index in [9.17, 15) is 13.2 Å². The molecule has 0 amide bonds. The molecule has 2 aromatic carbocycles. The van der Waals surface area contributed by atoms with Gasteiger partial charge >= 0.3 is 0 Å². The maximum Gasteiger partial charge on any atom is 0.134 e. The maximum atomic E-state index is 13.9. The SMILES string of the molecule is CCOc1ccc(C)cc1C(N)c1c(F)cc(F)cc1F. The summed E-state index contributed by atoms with van der Waals surface area (Å²) in [6, 6.07) is 5.39. The molecule has 0 fully saturated rings. The van der Waals surface area contributed by atoms with Gasteiger partial charge in [-0.2, -0.15) is 0 Å². The standard InChI is InChI=1S/C16H16F3NO/c1-3-21-14-5-4-9(2)6-11(14)16(20)15-12(18)7-10(17)8-13(15)19/h4-8,16H,3,20H2,1-2H3. The van der Waals surface area contributed by atoms with Gasteiger partial charge in [-0.15, -0.1) is 0 Å². The van der Waals surface area contributed by atoms with Crippen molar-refractivity contribution in [2.45, 2.75) is 19.9 Å². The minimum Gasteiger partial charge on any atom is -0.494 e. The van der Waals surface area contributed by atoms with Crippen LogP contribution in [0.1, 0.15) is 29.7 Å². The molecule has 1 atom stereocenters. The van der Waals surface area contributed by atoms with Crippen LogP contribution in [-0.4, -0.2) is 6.61 Å². The van der Waals surface area contributed by atoms with Crippen molar-refractivity contribution in [3.05, 3.63) is 64.5 Å². The Hall–Kier alpha value is -2.01. The van der Waals surface area contributed by atoms with Crippen molar-refractivity contribution in [1.82, 2.24) is 0 Å². The van der Waals surface area contributed by atoms with Crippen LogP contribution >= 0.6 is 0 Å². The first-order valence-electron chi connectivity index (χ1n) is 6.57. The topological polar surface area (TPSA) is 35.2 Å². The number of hydrogen-bond acceptors (Lipinski definition) is 2. The van der Waals surface area contributed by atoms with Crippen LogP contribution in [0, 0.1) is 24.4 Å². The molecule has 21 heavy (non-hydrogen) atoms.